The summed E-state index contributed by atoms with van der Waals surface area (Å²) in [5, 5.41) is 0.527. The van der Waals surface area contributed by atoms with Crippen LogP contribution in [0.3, 0.4) is 0 Å². The van der Waals surface area contributed by atoms with Gasteiger partial charge in [-0.05, 0) is 18.2 Å². The topological polar surface area (TPSA) is 58.6 Å². The van der Waals surface area contributed by atoms with E-state index < -0.39 is 10.0 Å². The number of benzene rings is 1. The van der Waals surface area contributed by atoms with E-state index in [2.05, 4.69) is 9.62 Å². The van der Waals surface area contributed by atoms with Crippen LogP contribution < -0.4 is 4.72 Å². The van der Waals surface area contributed by atoms with Gasteiger partial charge in [-0.25, -0.2) is 13.1 Å². The van der Waals surface area contributed by atoms with Crippen molar-refractivity contribution in [2.24, 2.45) is 0 Å². The Kier molecular flexibility index (Phi) is 5.65. The van der Waals surface area contributed by atoms with Gasteiger partial charge < -0.3 is 4.74 Å². The number of rotatable bonds is 5. The van der Waals surface area contributed by atoms with Gasteiger partial charge in [-0.2, -0.15) is 0 Å². The second-order valence-corrected chi connectivity index (χ2v) is 7.01. The molecule has 0 aliphatic carbocycles. The summed E-state index contributed by atoms with van der Waals surface area (Å²) in [4.78, 5) is 2.20. The Labute approximate surface area is 128 Å². The molecule has 0 aromatic heterocycles. The molecule has 0 spiro atoms. The third-order valence-electron chi connectivity index (χ3n) is 3.01. The van der Waals surface area contributed by atoms with E-state index in [4.69, 9.17) is 27.9 Å². The predicted molar refractivity (Wildman–Crippen MR) is 78.9 cm³/mol. The Morgan fingerprint density at radius 1 is 1.25 bits per heavy atom. The van der Waals surface area contributed by atoms with E-state index in [1.807, 2.05) is 0 Å². The number of hydrogen-bond donors (Lipinski definition) is 1. The first-order valence-corrected chi connectivity index (χ1v) is 8.48. The van der Waals surface area contributed by atoms with Gasteiger partial charge in [0, 0.05) is 31.2 Å². The van der Waals surface area contributed by atoms with E-state index in [0.29, 0.717) is 31.3 Å². The Bertz CT molecular complexity index is 560. The van der Waals surface area contributed by atoms with Crippen LogP contribution in [-0.4, -0.2) is 52.7 Å². The number of nitrogens with zero attached hydrogens (tertiary/aromatic N) is 1. The molecule has 0 bridgehead atoms. The van der Waals surface area contributed by atoms with E-state index in [1.165, 1.54) is 18.2 Å². The lowest BCUT2D eigenvalue weighted by Crippen LogP contribution is -2.41. The molecule has 0 amide bonds. The molecule has 1 aromatic rings. The van der Waals surface area contributed by atoms with Crippen molar-refractivity contribution in [3.05, 3.63) is 28.2 Å². The SMILES string of the molecule is O=S(=O)(NCCN1CCOCC1)c1ccc(Cl)cc1Cl. The first-order chi connectivity index (χ1) is 9.49. The first-order valence-electron chi connectivity index (χ1n) is 6.24. The van der Waals surface area contributed by atoms with Gasteiger partial charge in [0.15, 0.2) is 0 Å². The zero-order valence-corrected chi connectivity index (χ0v) is 13.1. The maximum atomic E-state index is 12.1. The Morgan fingerprint density at radius 3 is 2.60 bits per heavy atom. The van der Waals surface area contributed by atoms with Crippen LogP contribution in [0.5, 0.6) is 0 Å². The standard InChI is InChI=1S/C12H16Cl2N2O3S/c13-10-1-2-12(11(14)9-10)20(17,18)15-3-4-16-5-7-19-8-6-16/h1-2,9,15H,3-8H2. The van der Waals surface area contributed by atoms with Crippen LogP contribution in [0, 0.1) is 0 Å². The summed E-state index contributed by atoms with van der Waals surface area (Å²) in [5.74, 6) is 0. The number of nitrogens with one attached hydrogen (secondary N) is 1. The minimum atomic E-state index is -3.61. The average Bonchev–Trinajstić information content (AvgIpc) is 2.39. The third-order valence-corrected chi connectivity index (χ3v) is 5.19. The highest BCUT2D eigenvalue weighted by atomic mass is 35.5. The van der Waals surface area contributed by atoms with Gasteiger partial charge in [0.05, 0.1) is 18.2 Å². The molecule has 112 valence electrons. The van der Waals surface area contributed by atoms with Crippen molar-refractivity contribution in [3.8, 4) is 0 Å². The molecule has 20 heavy (non-hydrogen) atoms. The van der Waals surface area contributed by atoms with Gasteiger partial charge in [0.2, 0.25) is 10.0 Å². The molecule has 1 aliphatic heterocycles. The molecule has 0 atom stereocenters. The molecule has 8 heteroatoms. The fourth-order valence-corrected chi connectivity index (χ4v) is 3.73. The van der Waals surface area contributed by atoms with Crippen LogP contribution in [0.2, 0.25) is 10.0 Å². The van der Waals surface area contributed by atoms with E-state index in [-0.39, 0.29) is 9.92 Å². The maximum absolute atomic E-state index is 12.1. The fraction of sp³-hybridized carbons (Fsp3) is 0.500. The number of hydrogen-bond acceptors (Lipinski definition) is 4. The van der Waals surface area contributed by atoms with Crippen molar-refractivity contribution in [3.63, 3.8) is 0 Å². The second-order valence-electron chi connectivity index (χ2n) is 4.43. The predicted octanol–water partition coefficient (Wildman–Crippen LogP) is 1.60. The molecular formula is C12H16Cl2N2O3S. The van der Waals surface area contributed by atoms with Crippen molar-refractivity contribution in [2.75, 3.05) is 39.4 Å². The molecule has 1 N–H and O–H groups in total. The van der Waals surface area contributed by atoms with Crippen molar-refractivity contribution in [1.82, 2.24) is 9.62 Å². The molecule has 1 aliphatic rings. The second kappa shape index (κ2) is 7.06. The average molecular weight is 339 g/mol. The Balaban J connectivity index is 1.93. The summed E-state index contributed by atoms with van der Waals surface area (Å²) < 4.78 is 32.0. The fourth-order valence-electron chi connectivity index (χ4n) is 1.93. The number of sulfonamides is 1. The largest absolute Gasteiger partial charge is 0.379 e. The molecule has 1 saturated heterocycles. The molecule has 1 heterocycles. The van der Waals surface area contributed by atoms with Crippen LogP contribution in [0.15, 0.2) is 23.1 Å². The highest BCUT2D eigenvalue weighted by Gasteiger charge is 2.18. The summed E-state index contributed by atoms with van der Waals surface area (Å²) in [6, 6.07) is 4.32. The summed E-state index contributed by atoms with van der Waals surface area (Å²) >= 11 is 11.7. The molecule has 0 unspecified atom stereocenters. The lowest BCUT2D eigenvalue weighted by Gasteiger charge is -2.26. The molecule has 0 radical (unpaired) electrons. The van der Waals surface area contributed by atoms with E-state index in [1.54, 1.807) is 0 Å². The van der Waals surface area contributed by atoms with Crippen molar-refractivity contribution in [2.45, 2.75) is 4.90 Å². The summed E-state index contributed by atoms with van der Waals surface area (Å²) in [7, 11) is -3.61. The summed E-state index contributed by atoms with van der Waals surface area (Å²) in [6.45, 7) is 4.01. The lowest BCUT2D eigenvalue weighted by molar-refractivity contribution is 0.0390. The molecule has 0 saturated carbocycles. The summed E-state index contributed by atoms with van der Waals surface area (Å²) in [5.41, 5.74) is 0. The first kappa shape index (κ1) is 16.0. The lowest BCUT2D eigenvalue weighted by atomic mass is 10.4. The van der Waals surface area contributed by atoms with Gasteiger partial charge in [0.25, 0.3) is 0 Å². The van der Waals surface area contributed by atoms with Gasteiger partial charge >= 0.3 is 0 Å². The zero-order chi connectivity index (χ0) is 14.6. The van der Waals surface area contributed by atoms with Gasteiger partial charge in [0.1, 0.15) is 4.90 Å². The van der Waals surface area contributed by atoms with Crippen LogP contribution in [0.4, 0.5) is 0 Å². The third kappa shape index (κ3) is 4.31. The smallest absolute Gasteiger partial charge is 0.242 e. The number of halogens is 2. The minimum Gasteiger partial charge on any atom is -0.379 e. The van der Waals surface area contributed by atoms with E-state index in [0.717, 1.165) is 13.1 Å². The van der Waals surface area contributed by atoms with Crippen molar-refractivity contribution >= 4 is 33.2 Å². The normalized spacial score (nSPS) is 17.3. The van der Waals surface area contributed by atoms with Gasteiger partial charge in [-0.15, -0.1) is 0 Å². The van der Waals surface area contributed by atoms with Crippen LogP contribution in [0.25, 0.3) is 0 Å². The summed E-state index contributed by atoms with van der Waals surface area (Å²) in [6.07, 6.45) is 0. The van der Waals surface area contributed by atoms with Crippen molar-refractivity contribution < 1.29 is 13.2 Å². The monoisotopic (exact) mass is 338 g/mol. The van der Waals surface area contributed by atoms with Gasteiger partial charge in [-0.3, -0.25) is 4.90 Å². The molecule has 5 nitrogen and oxygen atoms in total. The van der Waals surface area contributed by atoms with E-state index >= 15 is 0 Å². The van der Waals surface area contributed by atoms with Crippen LogP contribution in [0.1, 0.15) is 0 Å². The maximum Gasteiger partial charge on any atom is 0.242 e. The molecule has 2 rings (SSSR count). The quantitative estimate of drug-likeness (QED) is 0.885. The van der Waals surface area contributed by atoms with Crippen LogP contribution >= 0.6 is 23.2 Å². The van der Waals surface area contributed by atoms with Crippen LogP contribution in [-0.2, 0) is 14.8 Å². The zero-order valence-electron chi connectivity index (χ0n) is 10.8. The van der Waals surface area contributed by atoms with E-state index in [9.17, 15) is 8.42 Å². The Morgan fingerprint density at radius 2 is 1.95 bits per heavy atom. The number of ether oxygens (including phenoxy) is 1. The van der Waals surface area contributed by atoms with Crippen molar-refractivity contribution in [1.29, 1.82) is 0 Å². The highest BCUT2D eigenvalue weighted by molar-refractivity contribution is 7.89. The van der Waals surface area contributed by atoms with Gasteiger partial charge in [-0.1, -0.05) is 23.2 Å². The molecular weight excluding hydrogens is 323 g/mol. The molecule has 1 aromatic carbocycles. The number of morpholine rings is 1. The Hall–Kier alpha value is -0.370. The highest BCUT2D eigenvalue weighted by Crippen LogP contribution is 2.24. The minimum absolute atomic E-state index is 0.0468. The molecule has 1 fully saturated rings.